The van der Waals surface area contributed by atoms with Crippen molar-refractivity contribution in [2.24, 2.45) is 21.1 Å². The van der Waals surface area contributed by atoms with Crippen LogP contribution < -0.4 is 10.2 Å². The molecule has 5 rings (SSSR count). The lowest BCUT2D eigenvalue weighted by molar-refractivity contribution is -0.118. The molecule has 0 saturated carbocycles. The Kier molecular flexibility index (Phi) is 3.94. The van der Waals surface area contributed by atoms with Crippen molar-refractivity contribution in [1.82, 2.24) is 5.32 Å². The Morgan fingerprint density at radius 3 is 2.67 bits per heavy atom. The predicted molar refractivity (Wildman–Crippen MR) is 119 cm³/mol. The van der Waals surface area contributed by atoms with Gasteiger partial charge in [0.1, 0.15) is 0 Å². The average Bonchev–Trinajstić information content (AvgIpc) is 3.13. The minimum Gasteiger partial charge on any atom is -0.373 e. The summed E-state index contributed by atoms with van der Waals surface area (Å²) in [7, 11) is 2.13. The number of Topliss-reactive ketones (excluding diaryl/α,β-unsaturated/α-hetero) is 1. The smallest absolute Gasteiger partial charge is 0.165 e. The highest BCUT2D eigenvalue weighted by Gasteiger charge is 2.58. The zero-order valence-electron chi connectivity index (χ0n) is 19.0. The summed E-state index contributed by atoms with van der Waals surface area (Å²) < 4.78 is 0. The van der Waals surface area contributed by atoms with E-state index in [1.54, 1.807) is 0 Å². The van der Waals surface area contributed by atoms with E-state index in [1.165, 1.54) is 16.8 Å². The van der Waals surface area contributed by atoms with E-state index >= 15 is 0 Å². The minimum absolute atomic E-state index is 0.0423. The number of ketones is 1. The lowest BCUT2D eigenvalue weighted by Crippen LogP contribution is -2.53. The van der Waals surface area contributed by atoms with Crippen LogP contribution in [0.4, 0.5) is 5.69 Å². The molecule has 0 amide bonds. The molecule has 158 valence electrons. The third-order valence-electron chi connectivity index (χ3n) is 6.90. The second kappa shape index (κ2) is 6.05. The number of azo groups is 1. The van der Waals surface area contributed by atoms with E-state index < -0.39 is 5.41 Å². The second-order valence-corrected chi connectivity index (χ2v) is 11.4. The van der Waals surface area contributed by atoms with Crippen molar-refractivity contribution in [3.05, 3.63) is 52.4 Å². The number of allylic oxidation sites excluding steroid dienone is 2. The van der Waals surface area contributed by atoms with E-state index in [2.05, 4.69) is 86.4 Å². The monoisotopic (exact) mass is 404 g/mol. The van der Waals surface area contributed by atoms with Gasteiger partial charge in [-0.1, -0.05) is 52.8 Å². The van der Waals surface area contributed by atoms with Gasteiger partial charge in [-0.05, 0) is 35.3 Å². The Balaban J connectivity index is 1.81. The Morgan fingerprint density at radius 2 is 1.93 bits per heavy atom. The number of likely N-dealkylation sites (N-methyl/N-ethyl adjacent to an activating group) is 1. The first-order valence-electron chi connectivity index (χ1n) is 11.0. The predicted octanol–water partition coefficient (Wildman–Crippen LogP) is 5.10. The molecule has 2 atom stereocenters. The number of anilines is 1. The van der Waals surface area contributed by atoms with Gasteiger partial charge < -0.3 is 10.2 Å². The van der Waals surface area contributed by atoms with Crippen molar-refractivity contribution in [3.8, 4) is 0 Å². The van der Waals surface area contributed by atoms with Crippen molar-refractivity contribution >= 4 is 11.5 Å². The highest BCUT2D eigenvalue weighted by Crippen LogP contribution is 2.58. The topological polar surface area (TPSA) is 57.1 Å². The number of hydrogen-bond acceptors (Lipinski definition) is 5. The molecule has 1 aliphatic carbocycles. The summed E-state index contributed by atoms with van der Waals surface area (Å²) in [6.07, 6.45) is 2.12. The van der Waals surface area contributed by atoms with Crippen molar-refractivity contribution in [2.45, 2.75) is 65.5 Å². The second-order valence-electron chi connectivity index (χ2n) is 11.4. The number of para-hydroxylation sites is 1. The highest BCUT2D eigenvalue weighted by atomic mass is 16.1. The maximum atomic E-state index is 13.7. The molecule has 3 heterocycles. The molecule has 0 fully saturated rings. The lowest BCUT2D eigenvalue weighted by atomic mass is 9.60. The molecule has 0 bridgehead atoms. The zero-order chi connectivity index (χ0) is 21.5. The number of carbonyl (C=O) groups excluding carboxylic acids is 1. The van der Waals surface area contributed by atoms with Crippen molar-refractivity contribution in [2.75, 3.05) is 18.5 Å². The Hall–Kier alpha value is -2.43. The van der Waals surface area contributed by atoms with Gasteiger partial charge in [0, 0.05) is 42.5 Å². The van der Waals surface area contributed by atoms with Gasteiger partial charge in [-0.15, -0.1) is 0 Å². The maximum absolute atomic E-state index is 13.7. The van der Waals surface area contributed by atoms with Crippen LogP contribution in [0.5, 0.6) is 0 Å². The highest BCUT2D eigenvalue weighted by molar-refractivity contribution is 6.02. The van der Waals surface area contributed by atoms with Crippen LogP contribution in [0, 0.1) is 10.8 Å². The summed E-state index contributed by atoms with van der Waals surface area (Å²) in [5.74, 6) is 0.270. The van der Waals surface area contributed by atoms with Crippen LogP contribution in [0.3, 0.4) is 0 Å². The summed E-state index contributed by atoms with van der Waals surface area (Å²) in [4.78, 5) is 16.0. The first-order chi connectivity index (χ1) is 14.0. The maximum Gasteiger partial charge on any atom is 0.165 e. The van der Waals surface area contributed by atoms with Crippen LogP contribution in [0.15, 0.2) is 57.0 Å². The molecule has 1 aromatic rings. The van der Waals surface area contributed by atoms with Gasteiger partial charge in [0.05, 0.1) is 11.1 Å². The van der Waals surface area contributed by atoms with Gasteiger partial charge in [-0.25, -0.2) is 0 Å². The molecule has 1 unspecified atom stereocenters. The van der Waals surface area contributed by atoms with Crippen LogP contribution in [0.25, 0.3) is 0 Å². The molecular weight excluding hydrogens is 372 g/mol. The van der Waals surface area contributed by atoms with Crippen LogP contribution in [0.2, 0.25) is 0 Å². The van der Waals surface area contributed by atoms with Gasteiger partial charge >= 0.3 is 0 Å². The van der Waals surface area contributed by atoms with Crippen LogP contribution in [0.1, 0.15) is 59.4 Å². The molecule has 1 spiro atoms. The number of nitrogens with zero attached hydrogens (tertiary/aromatic N) is 3. The third-order valence-corrected chi connectivity index (χ3v) is 6.90. The van der Waals surface area contributed by atoms with Crippen LogP contribution in [-0.4, -0.2) is 25.5 Å². The van der Waals surface area contributed by atoms with E-state index in [-0.39, 0.29) is 22.8 Å². The summed E-state index contributed by atoms with van der Waals surface area (Å²) in [6, 6.07) is 8.56. The number of fused-ring (bicyclic) bond motifs is 5. The number of benzene rings is 1. The number of hydrogen-bond donors (Lipinski definition) is 1. The fraction of sp³-hybridized carbons (Fsp3) is 0.560. The Labute approximate surface area is 179 Å². The van der Waals surface area contributed by atoms with Gasteiger partial charge in [0.25, 0.3) is 0 Å². The van der Waals surface area contributed by atoms with E-state index in [0.717, 1.165) is 36.4 Å². The first kappa shape index (κ1) is 19.5. The fourth-order valence-corrected chi connectivity index (χ4v) is 5.99. The minimum atomic E-state index is -0.464. The standard InChI is InChI=1S/C25H32N4O/c1-23(2,3)11-17-21-22(28-27-17)26-16-12-24(4,5)13-19(30)20(16)25(21)14-29(6)18-10-8-7-9-15(18)25/h7-10,22,26H,11-14H2,1-6H3/t22?,25-/m1/s1. The molecule has 5 nitrogen and oxygen atoms in total. The molecule has 0 saturated heterocycles. The van der Waals surface area contributed by atoms with Gasteiger partial charge in [-0.2, -0.15) is 10.2 Å². The van der Waals surface area contributed by atoms with Crippen molar-refractivity contribution < 1.29 is 4.79 Å². The number of rotatable bonds is 1. The quantitative estimate of drug-likeness (QED) is 0.708. The van der Waals surface area contributed by atoms with E-state index in [1.807, 2.05) is 0 Å². The normalized spacial score (nSPS) is 29.3. The van der Waals surface area contributed by atoms with Crippen LogP contribution in [-0.2, 0) is 10.2 Å². The SMILES string of the molecule is CN1C[C@]2(C3=C(CC(C)(C)CC3=O)NC3N=NC(CC(C)(C)C)=C32)c2ccccc21. The summed E-state index contributed by atoms with van der Waals surface area (Å²) >= 11 is 0. The molecule has 0 radical (unpaired) electrons. The Bertz CT molecular complexity index is 1040. The molecule has 1 N–H and O–H groups in total. The molecule has 30 heavy (non-hydrogen) atoms. The van der Waals surface area contributed by atoms with Crippen molar-refractivity contribution in [3.63, 3.8) is 0 Å². The molecule has 1 aromatic carbocycles. The van der Waals surface area contributed by atoms with Gasteiger partial charge in [0.15, 0.2) is 11.9 Å². The molecule has 4 aliphatic rings. The molecule has 0 aromatic heterocycles. The molecule has 5 heteroatoms. The van der Waals surface area contributed by atoms with Crippen molar-refractivity contribution in [1.29, 1.82) is 0 Å². The fourth-order valence-electron chi connectivity index (χ4n) is 5.99. The number of nitrogens with one attached hydrogen (secondary N) is 1. The molecule has 3 aliphatic heterocycles. The summed E-state index contributed by atoms with van der Waals surface area (Å²) in [6.45, 7) is 11.8. The van der Waals surface area contributed by atoms with Crippen LogP contribution >= 0.6 is 0 Å². The van der Waals surface area contributed by atoms with Gasteiger partial charge in [-0.3, -0.25) is 4.79 Å². The zero-order valence-corrected chi connectivity index (χ0v) is 19.0. The Morgan fingerprint density at radius 1 is 1.20 bits per heavy atom. The first-order valence-corrected chi connectivity index (χ1v) is 11.0. The van der Waals surface area contributed by atoms with Gasteiger partial charge in [0.2, 0.25) is 0 Å². The summed E-state index contributed by atoms with van der Waals surface area (Å²) in [5, 5.41) is 13.0. The van der Waals surface area contributed by atoms with E-state index in [4.69, 9.17) is 0 Å². The number of carbonyl (C=O) groups is 1. The average molecular weight is 405 g/mol. The van der Waals surface area contributed by atoms with E-state index in [9.17, 15) is 4.79 Å². The molecular formula is C25H32N4O. The third kappa shape index (κ3) is 2.70. The van der Waals surface area contributed by atoms with E-state index in [0.29, 0.717) is 6.42 Å². The summed E-state index contributed by atoms with van der Waals surface area (Å²) in [5.41, 5.74) is 6.30. The lowest BCUT2D eigenvalue weighted by Gasteiger charge is -2.46. The largest absolute Gasteiger partial charge is 0.373 e.